The van der Waals surface area contributed by atoms with Crippen LogP contribution in [0.4, 0.5) is 0 Å². The van der Waals surface area contributed by atoms with Gasteiger partial charge in [-0.15, -0.1) is 0 Å². The molecule has 0 spiro atoms. The summed E-state index contributed by atoms with van der Waals surface area (Å²) in [5.74, 6) is 1.40. The largest absolute Gasteiger partial charge is 0.0528 e. The molecular formula is C8H14. The van der Waals surface area contributed by atoms with E-state index < -0.39 is 0 Å². The molecule has 0 aliphatic heterocycles. The summed E-state index contributed by atoms with van der Waals surface area (Å²) in [5.41, 5.74) is 0. The van der Waals surface area contributed by atoms with E-state index in [4.69, 9.17) is 0 Å². The molecule has 1 rings (SSSR count). The van der Waals surface area contributed by atoms with E-state index in [-0.39, 0.29) is 0 Å². The third-order valence-electron chi connectivity index (χ3n) is 1.89. The molecule has 1 saturated carbocycles. The Morgan fingerprint density at radius 3 is 1.75 bits per heavy atom. The Labute approximate surface area is 52.3 Å². The molecular weight excluding hydrogens is 96.1 g/mol. The van der Waals surface area contributed by atoms with Crippen LogP contribution in [0.25, 0.3) is 0 Å². The van der Waals surface area contributed by atoms with Gasteiger partial charge in [-0.05, 0) is 18.3 Å². The lowest BCUT2D eigenvalue weighted by Gasteiger charge is -2.22. The summed E-state index contributed by atoms with van der Waals surface area (Å²) in [6, 6.07) is 0. The molecule has 1 aliphatic carbocycles. The second-order valence-electron chi connectivity index (χ2n) is 2.90. The maximum absolute atomic E-state index is 4.01. The zero-order chi connectivity index (χ0) is 5.98. The van der Waals surface area contributed by atoms with Crippen LogP contribution in [0.1, 0.15) is 25.7 Å². The van der Waals surface area contributed by atoms with Crippen LogP contribution in [0, 0.1) is 25.7 Å². The molecule has 8 heavy (non-hydrogen) atoms. The smallest absolute Gasteiger partial charge is 0.0412 e. The summed E-state index contributed by atoms with van der Waals surface area (Å²) in [6.07, 6.45) is 5.25. The van der Waals surface area contributed by atoms with Gasteiger partial charge in [-0.3, -0.25) is 0 Å². The summed E-state index contributed by atoms with van der Waals surface area (Å²) < 4.78 is 0. The van der Waals surface area contributed by atoms with Gasteiger partial charge in [0.15, 0.2) is 0 Å². The average molecular weight is 110 g/mol. The van der Waals surface area contributed by atoms with Crippen molar-refractivity contribution in [3.05, 3.63) is 13.8 Å². The lowest BCUT2D eigenvalue weighted by atomic mass is 9.84. The highest BCUT2D eigenvalue weighted by Gasteiger charge is 2.13. The Morgan fingerprint density at radius 2 is 1.50 bits per heavy atom. The Bertz CT molecular complexity index is 58.4. The van der Waals surface area contributed by atoms with Gasteiger partial charge in [-0.1, -0.05) is 33.1 Å². The van der Waals surface area contributed by atoms with Gasteiger partial charge in [0, 0.05) is 0 Å². The molecule has 0 aromatic rings. The van der Waals surface area contributed by atoms with Crippen LogP contribution in [0.3, 0.4) is 0 Å². The molecule has 0 N–H and O–H groups in total. The second kappa shape index (κ2) is 2.52. The van der Waals surface area contributed by atoms with Gasteiger partial charge in [0.05, 0.1) is 0 Å². The third kappa shape index (κ3) is 1.50. The van der Waals surface area contributed by atoms with Crippen LogP contribution >= 0.6 is 0 Å². The number of rotatable bonds is 0. The summed E-state index contributed by atoms with van der Waals surface area (Å²) in [7, 11) is 0. The van der Waals surface area contributed by atoms with Gasteiger partial charge in [0.1, 0.15) is 0 Å². The molecule has 0 nitrogen and oxygen atoms in total. The van der Waals surface area contributed by atoms with Crippen LogP contribution in [-0.2, 0) is 0 Å². The Balaban J connectivity index is 2.23. The van der Waals surface area contributed by atoms with E-state index in [0.717, 1.165) is 0 Å². The van der Waals surface area contributed by atoms with Crippen molar-refractivity contribution in [2.45, 2.75) is 25.7 Å². The fourth-order valence-electron chi connectivity index (χ4n) is 1.40. The fourth-order valence-corrected chi connectivity index (χ4v) is 1.40. The first-order valence-corrected chi connectivity index (χ1v) is 3.45. The molecule has 0 saturated heterocycles. The molecule has 0 amide bonds. The van der Waals surface area contributed by atoms with Crippen molar-refractivity contribution in [1.82, 2.24) is 0 Å². The van der Waals surface area contributed by atoms with Gasteiger partial charge < -0.3 is 0 Å². The van der Waals surface area contributed by atoms with Gasteiger partial charge in [-0.2, -0.15) is 0 Å². The van der Waals surface area contributed by atoms with Crippen molar-refractivity contribution < 1.29 is 0 Å². The van der Waals surface area contributed by atoms with Gasteiger partial charge in [-0.25, -0.2) is 0 Å². The minimum atomic E-state index is 0.700. The maximum atomic E-state index is 4.01. The molecule has 2 radical (unpaired) electrons. The van der Waals surface area contributed by atoms with Crippen molar-refractivity contribution >= 4 is 0 Å². The van der Waals surface area contributed by atoms with Crippen molar-refractivity contribution in [3.8, 4) is 0 Å². The monoisotopic (exact) mass is 110 g/mol. The molecule has 0 bridgehead atoms. The average Bonchev–Trinajstić information content (AvgIpc) is 1.64. The highest BCUT2D eigenvalue weighted by molar-refractivity contribution is 4.74. The lowest BCUT2D eigenvalue weighted by Crippen LogP contribution is -2.09. The van der Waals surface area contributed by atoms with E-state index in [1.807, 2.05) is 0 Å². The van der Waals surface area contributed by atoms with Crippen molar-refractivity contribution in [2.75, 3.05) is 0 Å². The highest BCUT2D eigenvalue weighted by Crippen LogP contribution is 2.26. The van der Waals surface area contributed by atoms with Gasteiger partial charge in [0.25, 0.3) is 0 Å². The summed E-state index contributed by atoms with van der Waals surface area (Å²) in [4.78, 5) is 0. The van der Waals surface area contributed by atoms with E-state index in [1.54, 1.807) is 0 Å². The normalized spacial score (nSPS) is 39.8. The summed E-state index contributed by atoms with van der Waals surface area (Å²) in [5, 5.41) is 0. The molecule has 1 fully saturated rings. The van der Waals surface area contributed by atoms with E-state index in [1.165, 1.54) is 25.7 Å². The Morgan fingerprint density at radius 1 is 1.00 bits per heavy atom. The van der Waals surface area contributed by atoms with Crippen LogP contribution in [0.2, 0.25) is 0 Å². The number of hydrogen-bond acceptors (Lipinski definition) is 0. The van der Waals surface area contributed by atoms with E-state index in [2.05, 4.69) is 13.8 Å². The van der Waals surface area contributed by atoms with Gasteiger partial charge in [0.2, 0.25) is 0 Å². The quantitative estimate of drug-likeness (QED) is 0.449. The van der Waals surface area contributed by atoms with Crippen LogP contribution in [0.15, 0.2) is 0 Å². The molecule has 1 aliphatic rings. The van der Waals surface area contributed by atoms with Gasteiger partial charge >= 0.3 is 0 Å². The minimum absolute atomic E-state index is 0.700. The second-order valence-corrected chi connectivity index (χ2v) is 2.90. The first kappa shape index (κ1) is 6.12. The number of hydrogen-bond donors (Lipinski definition) is 0. The summed E-state index contributed by atoms with van der Waals surface area (Å²) in [6.45, 7) is 8.02. The molecule has 46 valence electrons. The predicted molar refractivity (Wildman–Crippen MR) is 36.2 cm³/mol. The highest BCUT2D eigenvalue weighted by atomic mass is 14.2. The molecule has 0 heteroatoms. The SMILES string of the molecule is [CH2][C@@H]1CCC[C@H]([CH2])C1. The summed E-state index contributed by atoms with van der Waals surface area (Å²) >= 11 is 0. The molecule has 0 heterocycles. The molecule has 0 aromatic heterocycles. The fraction of sp³-hybridized carbons (Fsp3) is 0.750. The Hall–Kier alpha value is 0. The zero-order valence-corrected chi connectivity index (χ0v) is 5.40. The maximum Gasteiger partial charge on any atom is -0.0412 e. The minimum Gasteiger partial charge on any atom is -0.0528 e. The van der Waals surface area contributed by atoms with E-state index in [0.29, 0.717) is 11.8 Å². The standard InChI is InChI=1S/C8H14/c1-7-4-3-5-8(2)6-7/h7-8H,1-6H2/t7-,8+. The third-order valence-corrected chi connectivity index (χ3v) is 1.89. The molecule has 2 atom stereocenters. The van der Waals surface area contributed by atoms with Crippen LogP contribution in [-0.4, -0.2) is 0 Å². The zero-order valence-electron chi connectivity index (χ0n) is 5.40. The first-order valence-electron chi connectivity index (χ1n) is 3.45. The topological polar surface area (TPSA) is 0 Å². The molecule has 0 unspecified atom stereocenters. The van der Waals surface area contributed by atoms with E-state index >= 15 is 0 Å². The van der Waals surface area contributed by atoms with Crippen molar-refractivity contribution in [1.29, 1.82) is 0 Å². The first-order chi connectivity index (χ1) is 3.79. The van der Waals surface area contributed by atoms with Crippen molar-refractivity contribution in [3.63, 3.8) is 0 Å². The van der Waals surface area contributed by atoms with Crippen molar-refractivity contribution in [2.24, 2.45) is 11.8 Å². The Kier molecular flexibility index (Phi) is 1.93. The lowest BCUT2D eigenvalue weighted by molar-refractivity contribution is 0.348. The van der Waals surface area contributed by atoms with Crippen LogP contribution < -0.4 is 0 Å². The predicted octanol–water partition coefficient (Wildman–Crippen LogP) is 2.46. The van der Waals surface area contributed by atoms with Crippen LogP contribution in [0.5, 0.6) is 0 Å². The molecule has 0 aromatic carbocycles. The van der Waals surface area contributed by atoms with E-state index in [9.17, 15) is 0 Å².